The van der Waals surface area contributed by atoms with Gasteiger partial charge in [-0.3, -0.25) is 0 Å². The van der Waals surface area contributed by atoms with Gasteiger partial charge in [0.1, 0.15) is 0 Å². The average molecular weight is 266 g/mol. The summed E-state index contributed by atoms with van der Waals surface area (Å²) in [5.41, 5.74) is 7.12. The van der Waals surface area contributed by atoms with Crippen LogP contribution in [0, 0.1) is 5.92 Å². The fourth-order valence-corrected chi connectivity index (χ4v) is 1.79. The van der Waals surface area contributed by atoms with E-state index in [1.165, 1.54) is 0 Å². The second-order valence-electron chi connectivity index (χ2n) is 4.67. The predicted molar refractivity (Wildman–Crippen MR) is 72.2 cm³/mol. The third-order valence-electron chi connectivity index (χ3n) is 3.10. The monoisotopic (exact) mass is 265 g/mol. The van der Waals surface area contributed by atoms with E-state index in [2.05, 4.69) is 36.3 Å². The van der Waals surface area contributed by atoms with Crippen LogP contribution in [0.2, 0.25) is 5.02 Å². The SMILES string of the molecule is CC(C)C(C)n1nnnc1-c1ccc(N)c(Cl)c1. The maximum Gasteiger partial charge on any atom is 0.182 e. The summed E-state index contributed by atoms with van der Waals surface area (Å²) in [6, 6.07) is 5.63. The van der Waals surface area contributed by atoms with E-state index >= 15 is 0 Å². The zero-order valence-corrected chi connectivity index (χ0v) is 11.4. The van der Waals surface area contributed by atoms with Crippen molar-refractivity contribution in [2.75, 3.05) is 5.73 Å². The molecule has 0 aliphatic heterocycles. The second kappa shape index (κ2) is 4.94. The van der Waals surface area contributed by atoms with Crippen molar-refractivity contribution in [1.29, 1.82) is 0 Å². The van der Waals surface area contributed by atoms with Gasteiger partial charge in [-0.2, -0.15) is 0 Å². The van der Waals surface area contributed by atoms with Crippen molar-refractivity contribution >= 4 is 17.3 Å². The highest BCUT2D eigenvalue weighted by molar-refractivity contribution is 6.33. The Bertz CT molecular complexity index is 549. The Hall–Kier alpha value is -1.62. The minimum Gasteiger partial charge on any atom is -0.398 e. The van der Waals surface area contributed by atoms with E-state index in [1.54, 1.807) is 12.1 Å². The topological polar surface area (TPSA) is 69.6 Å². The van der Waals surface area contributed by atoms with Crippen molar-refractivity contribution in [3.63, 3.8) is 0 Å². The summed E-state index contributed by atoms with van der Waals surface area (Å²) in [6.45, 7) is 6.35. The van der Waals surface area contributed by atoms with Crippen LogP contribution in [0.15, 0.2) is 18.2 Å². The number of tetrazole rings is 1. The maximum absolute atomic E-state index is 6.02. The van der Waals surface area contributed by atoms with Crippen molar-refractivity contribution in [3.05, 3.63) is 23.2 Å². The minimum absolute atomic E-state index is 0.214. The molecule has 1 aromatic heterocycles. The molecule has 1 unspecified atom stereocenters. The second-order valence-corrected chi connectivity index (χ2v) is 5.08. The van der Waals surface area contributed by atoms with E-state index in [9.17, 15) is 0 Å². The van der Waals surface area contributed by atoms with E-state index in [4.69, 9.17) is 17.3 Å². The highest BCUT2D eigenvalue weighted by Gasteiger charge is 2.17. The molecule has 0 amide bonds. The fraction of sp³-hybridized carbons (Fsp3) is 0.417. The Balaban J connectivity index is 2.45. The van der Waals surface area contributed by atoms with Crippen LogP contribution in [0.3, 0.4) is 0 Å². The molecule has 1 heterocycles. The highest BCUT2D eigenvalue weighted by atomic mass is 35.5. The number of rotatable bonds is 3. The average Bonchev–Trinajstić information content (AvgIpc) is 2.80. The van der Waals surface area contributed by atoms with Crippen molar-refractivity contribution < 1.29 is 0 Å². The van der Waals surface area contributed by atoms with Gasteiger partial charge in [0, 0.05) is 5.56 Å². The first-order chi connectivity index (χ1) is 8.50. The Labute approximate surface area is 111 Å². The zero-order chi connectivity index (χ0) is 13.3. The fourth-order valence-electron chi connectivity index (χ4n) is 1.61. The molecule has 18 heavy (non-hydrogen) atoms. The molecule has 96 valence electrons. The number of nitrogen functional groups attached to an aromatic ring is 1. The molecule has 0 bridgehead atoms. The summed E-state index contributed by atoms with van der Waals surface area (Å²) in [5, 5.41) is 12.4. The predicted octanol–water partition coefficient (Wildman–Crippen LogP) is 2.79. The van der Waals surface area contributed by atoms with E-state index in [-0.39, 0.29) is 6.04 Å². The molecule has 0 aliphatic rings. The van der Waals surface area contributed by atoms with Crippen LogP contribution in [0.25, 0.3) is 11.4 Å². The lowest BCUT2D eigenvalue weighted by atomic mass is 10.1. The lowest BCUT2D eigenvalue weighted by Gasteiger charge is -2.17. The van der Waals surface area contributed by atoms with Gasteiger partial charge in [0.25, 0.3) is 0 Å². The van der Waals surface area contributed by atoms with Crippen molar-refractivity contribution in [3.8, 4) is 11.4 Å². The minimum atomic E-state index is 0.214. The van der Waals surface area contributed by atoms with Gasteiger partial charge in [-0.15, -0.1) is 5.10 Å². The maximum atomic E-state index is 6.02. The molecule has 0 spiro atoms. The largest absolute Gasteiger partial charge is 0.398 e. The summed E-state index contributed by atoms with van der Waals surface area (Å²) in [6.07, 6.45) is 0. The van der Waals surface area contributed by atoms with Gasteiger partial charge >= 0.3 is 0 Å². The van der Waals surface area contributed by atoms with Gasteiger partial charge in [-0.05, 0) is 41.5 Å². The Morgan fingerprint density at radius 2 is 2.00 bits per heavy atom. The lowest BCUT2D eigenvalue weighted by Crippen LogP contribution is -2.14. The molecular formula is C12H16ClN5. The Morgan fingerprint density at radius 3 is 2.61 bits per heavy atom. The van der Waals surface area contributed by atoms with Gasteiger partial charge in [-0.25, -0.2) is 4.68 Å². The molecule has 6 heteroatoms. The third kappa shape index (κ3) is 2.31. The number of benzene rings is 1. The number of nitrogens with zero attached hydrogens (tertiary/aromatic N) is 4. The number of aromatic nitrogens is 4. The summed E-state index contributed by atoms with van der Waals surface area (Å²) in [4.78, 5) is 0. The molecule has 0 fully saturated rings. The number of anilines is 1. The molecule has 5 nitrogen and oxygen atoms in total. The van der Waals surface area contributed by atoms with Gasteiger partial charge in [0.2, 0.25) is 0 Å². The smallest absolute Gasteiger partial charge is 0.182 e. The van der Waals surface area contributed by atoms with Gasteiger partial charge in [-0.1, -0.05) is 25.4 Å². The first kappa shape index (κ1) is 12.8. The first-order valence-corrected chi connectivity index (χ1v) is 6.21. The van der Waals surface area contributed by atoms with Crippen LogP contribution in [-0.2, 0) is 0 Å². The van der Waals surface area contributed by atoms with Crippen molar-refractivity contribution in [1.82, 2.24) is 20.2 Å². The van der Waals surface area contributed by atoms with Crippen LogP contribution in [-0.4, -0.2) is 20.2 Å². The normalized spacial score (nSPS) is 12.9. The molecular weight excluding hydrogens is 250 g/mol. The quantitative estimate of drug-likeness (QED) is 0.867. The van der Waals surface area contributed by atoms with Crippen molar-refractivity contribution in [2.24, 2.45) is 5.92 Å². The number of halogens is 1. The highest BCUT2D eigenvalue weighted by Crippen LogP contribution is 2.27. The molecule has 0 radical (unpaired) electrons. The van der Waals surface area contributed by atoms with E-state index in [0.29, 0.717) is 22.5 Å². The van der Waals surface area contributed by atoms with Gasteiger partial charge < -0.3 is 5.73 Å². The van der Waals surface area contributed by atoms with E-state index in [1.807, 2.05) is 10.7 Å². The molecule has 0 saturated carbocycles. The summed E-state index contributed by atoms with van der Waals surface area (Å²) in [5.74, 6) is 1.15. The molecule has 2 rings (SSSR count). The standard InChI is InChI=1S/C12H16ClN5/c1-7(2)8(3)18-12(15-16-17-18)9-4-5-11(14)10(13)6-9/h4-8H,14H2,1-3H3. The van der Waals surface area contributed by atoms with Crippen molar-refractivity contribution in [2.45, 2.75) is 26.8 Å². The van der Waals surface area contributed by atoms with Crippen LogP contribution in [0.4, 0.5) is 5.69 Å². The summed E-state index contributed by atoms with van der Waals surface area (Å²) in [7, 11) is 0. The Kier molecular flexibility index (Phi) is 3.52. The van der Waals surface area contributed by atoms with Crippen LogP contribution < -0.4 is 5.73 Å². The van der Waals surface area contributed by atoms with E-state index < -0.39 is 0 Å². The molecule has 1 atom stereocenters. The van der Waals surface area contributed by atoms with Gasteiger partial charge in [0.05, 0.1) is 16.8 Å². The van der Waals surface area contributed by atoms with Gasteiger partial charge in [0.15, 0.2) is 5.82 Å². The summed E-state index contributed by atoms with van der Waals surface area (Å²) < 4.78 is 1.81. The van der Waals surface area contributed by atoms with Crippen LogP contribution in [0.5, 0.6) is 0 Å². The molecule has 0 saturated heterocycles. The zero-order valence-electron chi connectivity index (χ0n) is 10.6. The molecule has 0 aliphatic carbocycles. The number of hydrogen-bond acceptors (Lipinski definition) is 4. The number of nitrogens with two attached hydrogens (primary N) is 1. The van der Waals surface area contributed by atoms with E-state index in [0.717, 1.165) is 5.56 Å². The number of hydrogen-bond donors (Lipinski definition) is 1. The third-order valence-corrected chi connectivity index (χ3v) is 3.43. The van der Waals surface area contributed by atoms with Crippen LogP contribution >= 0.6 is 11.6 Å². The first-order valence-electron chi connectivity index (χ1n) is 5.84. The molecule has 2 aromatic rings. The van der Waals surface area contributed by atoms with Crippen LogP contribution in [0.1, 0.15) is 26.8 Å². The molecule has 2 N–H and O–H groups in total. The summed E-state index contributed by atoms with van der Waals surface area (Å²) >= 11 is 6.02. The lowest BCUT2D eigenvalue weighted by molar-refractivity contribution is 0.371. The molecule has 1 aromatic carbocycles. The Morgan fingerprint density at radius 1 is 1.28 bits per heavy atom.